The second-order valence-electron chi connectivity index (χ2n) is 9.12. The minimum atomic E-state index is -0.130. The summed E-state index contributed by atoms with van der Waals surface area (Å²) in [4.78, 5) is 33.8. The Morgan fingerprint density at radius 3 is 2.36 bits per heavy atom. The van der Waals surface area contributed by atoms with Crippen molar-refractivity contribution in [3.05, 3.63) is 90.5 Å². The number of hydrogen-bond acceptors (Lipinski definition) is 4. The van der Waals surface area contributed by atoms with E-state index in [-0.39, 0.29) is 17.9 Å². The van der Waals surface area contributed by atoms with E-state index in [0.717, 1.165) is 24.9 Å². The van der Waals surface area contributed by atoms with Gasteiger partial charge in [0, 0.05) is 47.6 Å². The summed E-state index contributed by atoms with van der Waals surface area (Å²) < 4.78 is 0. The summed E-state index contributed by atoms with van der Waals surface area (Å²) in [5.74, 6) is -0.0405. The van der Waals surface area contributed by atoms with Crippen LogP contribution in [-0.2, 0) is 11.2 Å². The number of nitrogens with zero attached hydrogens (tertiary/aromatic N) is 3. The molecule has 9 heteroatoms. The topological polar surface area (TPSA) is 43.9 Å². The van der Waals surface area contributed by atoms with Crippen LogP contribution >= 0.6 is 46.1 Å². The molecule has 0 aliphatic carbocycles. The maximum Gasteiger partial charge on any atom is 0.255 e. The predicted molar refractivity (Wildman–Crippen MR) is 146 cm³/mol. The fraction of sp³-hybridized carbons (Fsp3) is 0.333. The molecule has 1 atom stereocenters. The Morgan fingerprint density at radius 1 is 0.861 bits per heavy atom. The number of amides is 2. The molecule has 0 bridgehead atoms. The van der Waals surface area contributed by atoms with Gasteiger partial charge in [-0.15, -0.1) is 11.3 Å². The van der Waals surface area contributed by atoms with E-state index in [1.54, 1.807) is 34.4 Å². The zero-order chi connectivity index (χ0) is 25.2. The molecule has 5 rings (SSSR count). The van der Waals surface area contributed by atoms with Crippen molar-refractivity contribution in [1.29, 1.82) is 0 Å². The SMILES string of the molecule is O=C(CN1CCc2sccc2C1c1ccc(Cl)cc1)N1CCCN(C(=O)c2ccc(Cl)cc2Cl)CC1. The highest BCUT2D eigenvalue weighted by Crippen LogP contribution is 2.38. The number of carbonyl (C=O) groups excluding carboxylic acids is 2. The van der Waals surface area contributed by atoms with Crippen LogP contribution in [0.15, 0.2) is 53.9 Å². The Labute approximate surface area is 230 Å². The fourth-order valence-electron chi connectivity index (χ4n) is 5.05. The van der Waals surface area contributed by atoms with Crippen LogP contribution in [0.4, 0.5) is 0 Å². The van der Waals surface area contributed by atoms with Crippen LogP contribution in [0.1, 0.15) is 38.8 Å². The van der Waals surface area contributed by atoms with Crippen molar-refractivity contribution in [3.63, 3.8) is 0 Å². The van der Waals surface area contributed by atoms with Crippen LogP contribution in [0.3, 0.4) is 0 Å². The van der Waals surface area contributed by atoms with Crippen molar-refractivity contribution in [2.24, 2.45) is 0 Å². The number of benzene rings is 2. The highest BCUT2D eigenvalue weighted by molar-refractivity contribution is 7.10. The molecule has 2 aromatic carbocycles. The largest absolute Gasteiger partial charge is 0.340 e. The molecular formula is C27H26Cl3N3O2S. The highest BCUT2D eigenvalue weighted by Gasteiger charge is 2.32. The quantitative estimate of drug-likeness (QED) is 0.390. The Hall–Kier alpha value is -2.09. The molecule has 188 valence electrons. The smallest absolute Gasteiger partial charge is 0.255 e. The zero-order valence-electron chi connectivity index (χ0n) is 19.6. The summed E-state index contributed by atoms with van der Waals surface area (Å²) in [7, 11) is 0. The van der Waals surface area contributed by atoms with Gasteiger partial charge >= 0.3 is 0 Å². The molecule has 0 saturated carbocycles. The maximum absolute atomic E-state index is 13.5. The third kappa shape index (κ3) is 5.43. The van der Waals surface area contributed by atoms with Gasteiger partial charge in [0.25, 0.3) is 5.91 Å². The molecular weight excluding hydrogens is 537 g/mol. The normalized spacial score (nSPS) is 18.6. The first kappa shape index (κ1) is 25.6. The summed E-state index contributed by atoms with van der Waals surface area (Å²) in [6.45, 7) is 3.33. The molecule has 3 aromatic rings. The molecule has 2 aliphatic heterocycles. The Balaban J connectivity index is 1.27. The van der Waals surface area contributed by atoms with Crippen LogP contribution in [-0.4, -0.2) is 65.8 Å². The molecule has 0 radical (unpaired) electrons. The lowest BCUT2D eigenvalue weighted by molar-refractivity contribution is -0.132. The van der Waals surface area contributed by atoms with E-state index < -0.39 is 0 Å². The molecule has 1 fully saturated rings. The first-order valence-corrected chi connectivity index (χ1v) is 14.0. The van der Waals surface area contributed by atoms with Gasteiger partial charge in [-0.1, -0.05) is 46.9 Å². The maximum atomic E-state index is 13.5. The molecule has 36 heavy (non-hydrogen) atoms. The van der Waals surface area contributed by atoms with E-state index in [9.17, 15) is 9.59 Å². The van der Waals surface area contributed by atoms with Gasteiger partial charge in [-0.05, 0) is 65.7 Å². The Kier molecular flexibility index (Phi) is 7.89. The van der Waals surface area contributed by atoms with Gasteiger partial charge in [-0.2, -0.15) is 0 Å². The van der Waals surface area contributed by atoms with Gasteiger partial charge in [0.15, 0.2) is 0 Å². The molecule has 2 amide bonds. The predicted octanol–water partition coefficient (Wildman–Crippen LogP) is 6.03. The van der Waals surface area contributed by atoms with E-state index in [4.69, 9.17) is 34.8 Å². The van der Waals surface area contributed by atoms with Gasteiger partial charge in [0.2, 0.25) is 5.91 Å². The van der Waals surface area contributed by atoms with Crippen LogP contribution < -0.4 is 0 Å². The first-order chi connectivity index (χ1) is 17.4. The molecule has 1 saturated heterocycles. The van der Waals surface area contributed by atoms with Crippen molar-refractivity contribution in [1.82, 2.24) is 14.7 Å². The molecule has 1 aromatic heterocycles. The summed E-state index contributed by atoms with van der Waals surface area (Å²) in [6.07, 6.45) is 1.66. The van der Waals surface area contributed by atoms with E-state index in [1.807, 2.05) is 17.0 Å². The number of fused-ring (bicyclic) bond motifs is 1. The number of halogens is 3. The van der Waals surface area contributed by atoms with Gasteiger partial charge in [0.1, 0.15) is 0 Å². The molecule has 0 N–H and O–H groups in total. The number of rotatable bonds is 4. The minimum Gasteiger partial charge on any atom is -0.340 e. The summed E-state index contributed by atoms with van der Waals surface area (Å²) in [5, 5.41) is 3.67. The number of thiophene rings is 1. The van der Waals surface area contributed by atoms with E-state index in [0.29, 0.717) is 53.4 Å². The summed E-state index contributed by atoms with van der Waals surface area (Å²) in [6, 6.07) is 15.0. The van der Waals surface area contributed by atoms with Crippen LogP contribution in [0.5, 0.6) is 0 Å². The highest BCUT2D eigenvalue weighted by atomic mass is 35.5. The lowest BCUT2D eigenvalue weighted by atomic mass is 9.93. The van der Waals surface area contributed by atoms with E-state index in [2.05, 4.69) is 28.5 Å². The second kappa shape index (κ2) is 11.1. The lowest BCUT2D eigenvalue weighted by Gasteiger charge is -2.37. The average Bonchev–Trinajstić information content (AvgIpc) is 3.20. The van der Waals surface area contributed by atoms with Gasteiger partial charge in [-0.25, -0.2) is 0 Å². The van der Waals surface area contributed by atoms with Crippen molar-refractivity contribution < 1.29 is 9.59 Å². The first-order valence-electron chi connectivity index (χ1n) is 12.0. The zero-order valence-corrected chi connectivity index (χ0v) is 22.7. The summed E-state index contributed by atoms with van der Waals surface area (Å²) >= 11 is 20.2. The van der Waals surface area contributed by atoms with Crippen LogP contribution in [0, 0.1) is 0 Å². The van der Waals surface area contributed by atoms with Gasteiger partial charge < -0.3 is 9.80 Å². The lowest BCUT2D eigenvalue weighted by Crippen LogP contribution is -2.45. The second-order valence-corrected chi connectivity index (χ2v) is 11.4. The molecule has 0 spiro atoms. The van der Waals surface area contributed by atoms with Gasteiger partial charge in [0.05, 0.1) is 23.2 Å². The standard InChI is InChI=1S/C27H26Cl3N3O2S/c28-19-4-2-18(3-5-19)26-22-9-15-36-24(22)8-12-33(26)17-25(34)31-10-1-11-32(14-13-31)27(35)21-7-6-20(29)16-23(21)30/h2-7,9,15-16,26H,1,8,10-14,17H2. The van der Waals surface area contributed by atoms with Crippen molar-refractivity contribution in [3.8, 4) is 0 Å². The average molecular weight is 563 g/mol. The van der Waals surface area contributed by atoms with Crippen molar-refractivity contribution in [2.45, 2.75) is 18.9 Å². The van der Waals surface area contributed by atoms with Crippen molar-refractivity contribution >= 4 is 58.0 Å². The molecule has 3 heterocycles. The van der Waals surface area contributed by atoms with Crippen molar-refractivity contribution in [2.75, 3.05) is 39.3 Å². The van der Waals surface area contributed by atoms with Crippen LogP contribution in [0.25, 0.3) is 0 Å². The molecule has 5 nitrogen and oxygen atoms in total. The van der Waals surface area contributed by atoms with E-state index >= 15 is 0 Å². The third-order valence-electron chi connectivity index (χ3n) is 6.89. The molecule has 1 unspecified atom stereocenters. The summed E-state index contributed by atoms with van der Waals surface area (Å²) in [5.41, 5.74) is 2.85. The minimum absolute atomic E-state index is 0.0262. The van der Waals surface area contributed by atoms with Crippen LogP contribution in [0.2, 0.25) is 15.1 Å². The fourth-order valence-corrected chi connectivity index (χ4v) is 6.57. The number of carbonyl (C=O) groups is 2. The number of hydrogen-bond donors (Lipinski definition) is 0. The Morgan fingerprint density at radius 2 is 1.58 bits per heavy atom. The third-order valence-corrected chi connectivity index (χ3v) is 8.68. The monoisotopic (exact) mass is 561 g/mol. The van der Waals surface area contributed by atoms with Gasteiger partial charge in [-0.3, -0.25) is 14.5 Å². The van der Waals surface area contributed by atoms with E-state index in [1.165, 1.54) is 10.4 Å². The molecule has 2 aliphatic rings. The Bertz CT molecular complexity index is 1260.